The molecule has 1 heterocycles. The summed E-state index contributed by atoms with van der Waals surface area (Å²) >= 11 is 0. The fourth-order valence-corrected chi connectivity index (χ4v) is 3.17. The second-order valence-corrected chi connectivity index (χ2v) is 7.48. The molecule has 22 heavy (non-hydrogen) atoms. The van der Waals surface area contributed by atoms with E-state index in [0.717, 1.165) is 5.56 Å². The Bertz CT molecular complexity index is 709. The average molecular weight is 323 g/mol. The Morgan fingerprint density at radius 3 is 2.59 bits per heavy atom. The maximum absolute atomic E-state index is 12.0. The van der Waals surface area contributed by atoms with Crippen LogP contribution in [0.2, 0.25) is 0 Å². The van der Waals surface area contributed by atoms with Crippen LogP contribution in [0, 0.1) is 0 Å². The molecular weight excluding hydrogens is 302 g/mol. The summed E-state index contributed by atoms with van der Waals surface area (Å²) in [6.07, 6.45) is 3.63. The lowest BCUT2D eigenvalue weighted by Gasteiger charge is -2.22. The van der Waals surface area contributed by atoms with Crippen LogP contribution in [0.25, 0.3) is 0 Å². The van der Waals surface area contributed by atoms with Crippen molar-refractivity contribution in [3.05, 3.63) is 53.9 Å². The second kappa shape index (κ2) is 6.60. The summed E-state index contributed by atoms with van der Waals surface area (Å²) in [6.45, 7) is 1.47. The van der Waals surface area contributed by atoms with Crippen molar-refractivity contribution in [2.75, 3.05) is 12.3 Å². The molecule has 1 unspecified atom stereocenters. The van der Waals surface area contributed by atoms with Gasteiger partial charge in [-0.1, -0.05) is 30.3 Å². The number of aryl methyl sites for hydroxylation is 2. The molecule has 0 saturated heterocycles. The molecule has 1 atom stereocenters. The van der Waals surface area contributed by atoms with E-state index in [0.29, 0.717) is 12.0 Å². The van der Waals surface area contributed by atoms with Crippen LogP contribution in [-0.2, 0) is 29.1 Å². The average Bonchev–Trinajstić information content (AvgIpc) is 2.92. The van der Waals surface area contributed by atoms with Gasteiger partial charge in [0.25, 0.3) is 0 Å². The third-order valence-corrected chi connectivity index (χ3v) is 4.79. The van der Waals surface area contributed by atoms with Gasteiger partial charge in [0.1, 0.15) is 5.60 Å². The molecule has 1 aromatic carbocycles. The molecule has 120 valence electrons. The molecule has 0 radical (unpaired) electrons. The maximum Gasteiger partial charge on any atom is 0.212 e. The quantitative estimate of drug-likeness (QED) is 0.789. The van der Waals surface area contributed by atoms with E-state index in [-0.39, 0.29) is 12.3 Å². The van der Waals surface area contributed by atoms with Gasteiger partial charge in [-0.25, -0.2) is 13.1 Å². The molecular formula is C15H21N3O3S. The third kappa shape index (κ3) is 4.66. The molecule has 0 bridgehead atoms. The lowest BCUT2D eigenvalue weighted by molar-refractivity contribution is 0.0627. The molecule has 2 rings (SSSR count). The van der Waals surface area contributed by atoms with Gasteiger partial charge in [-0.2, -0.15) is 5.10 Å². The Hall–Kier alpha value is -1.70. The lowest BCUT2D eigenvalue weighted by Crippen LogP contribution is -2.39. The van der Waals surface area contributed by atoms with Crippen LogP contribution in [0.3, 0.4) is 0 Å². The van der Waals surface area contributed by atoms with Gasteiger partial charge in [-0.15, -0.1) is 0 Å². The Labute approximate surface area is 130 Å². The summed E-state index contributed by atoms with van der Waals surface area (Å²) in [5, 5.41) is 14.4. The SMILES string of the molecule is Cn1cc(C(C)(O)CNS(=O)(=O)CCc2ccccc2)cn1. The predicted molar refractivity (Wildman–Crippen MR) is 84.7 cm³/mol. The minimum absolute atomic E-state index is 0.0138. The number of sulfonamides is 1. The van der Waals surface area contributed by atoms with Crippen LogP contribution in [0.4, 0.5) is 0 Å². The molecule has 0 aliphatic carbocycles. The van der Waals surface area contributed by atoms with Crippen LogP contribution in [-0.4, -0.2) is 35.6 Å². The van der Waals surface area contributed by atoms with Crippen LogP contribution < -0.4 is 4.72 Å². The van der Waals surface area contributed by atoms with Crippen LogP contribution in [0.1, 0.15) is 18.1 Å². The van der Waals surface area contributed by atoms with Gasteiger partial charge in [0.15, 0.2) is 0 Å². The standard InChI is InChI=1S/C15H21N3O3S/c1-15(19,14-10-16-18(2)11-14)12-17-22(20,21)9-8-13-6-4-3-5-7-13/h3-7,10-11,17,19H,8-9,12H2,1-2H3. The molecule has 2 N–H and O–H groups in total. The van der Waals surface area contributed by atoms with E-state index < -0.39 is 15.6 Å². The second-order valence-electron chi connectivity index (χ2n) is 5.55. The molecule has 7 heteroatoms. The van der Waals surface area contributed by atoms with Crippen molar-refractivity contribution >= 4 is 10.0 Å². The molecule has 0 saturated carbocycles. The lowest BCUT2D eigenvalue weighted by atomic mass is 10.0. The van der Waals surface area contributed by atoms with Gasteiger partial charge in [0.2, 0.25) is 10.0 Å². The third-order valence-electron chi connectivity index (χ3n) is 3.47. The number of hydrogen-bond donors (Lipinski definition) is 2. The zero-order valence-electron chi connectivity index (χ0n) is 12.7. The van der Waals surface area contributed by atoms with E-state index in [2.05, 4.69) is 9.82 Å². The minimum Gasteiger partial charge on any atom is -0.384 e. The van der Waals surface area contributed by atoms with Gasteiger partial charge in [-0.3, -0.25) is 4.68 Å². The van der Waals surface area contributed by atoms with Gasteiger partial charge in [0.05, 0.1) is 11.9 Å². The zero-order chi connectivity index (χ0) is 16.2. The van der Waals surface area contributed by atoms with Gasteiger partial charge in [0, 0.05) is 25.4 Å². The number of nitrogens with zero attached hydrogens (tertiary/aromatic N) is 2. The van der Waals surface area contributed by atoms with Gasteiger partial charge < -0.3 is 5.11 Å². The topological polar surface area (TPSA) is 84.2 Å². The monoisotopic (exact) mass is 323 g/mol. The first kappa shape index (κ1) is 16.7. The van der Waals surface area contributed by atoms with Crippen molar-refractivity contribution in [3.8, 4) is 0 Å². The highest BCUT2D eigenvalue weighted by Crippen LogP contribution is 2.18. The van der Waals surface area contributed by atoms with Crippen molar-refractivity contribution < 1.29 is 13.5 Å². The molecule has 0 aliphatic rings. The normalized spacial score (nSPS) is 14.7. The summed E-state index contributed by atoms with van der Waals surface area (Å²) in [6, 6.07) is 9.43. The predicted octanol–water partition coefficient (Wildman–Crippen LogP) is 0.790. The number of nitrogens with one attached hydrogen (secondary N) is 1. The molecule has 0 spiro atoms. The summed E-state index contributed by atoms with van der Waals surface area (Å²) < 4.78 is 28.1. The molecule has 0 fully saturated rings. The number of hydrogen-bond acceptors (Lipinski definition) is 4. The summed E-state index contributed by atoms with van der Waals surface area (Å²) in [5.41, 5.74) is 0.237. The van der Waals surface area contributed by atoms with E-state index in [1.807, 2.05) is 30.3 Å². The molecule has 1 aromatic heterocycles. The smallest absolute Gasteiger partial charge is 0.212 e. The summed E-state index contributed by atoms with van der Waals surface area (Å²) in [4.78, 5) is 0. The number of aliphatic hydroxyl groups is 1. The van der Waals surface area contributed by atoms with Crippen molar-refractivity contribution in [2.45, 2.75) is 18.9 Å². The maximum atomic E-state index is 12.0. The summed E-state index contributed by atoms with van der Waals surface area (Å²) in [5.74, 6) is -0.0138. The van der Waals surface area contributed by atoms with Crippen LogP contribution in [0.15, 0.2) is 42.7 Å². The molecule has 6 nitrogen and oxygen atoms in total. The van der Waals surface area contributed by atoms with Crippen LogP contribution in [0.5, 0.6) is 0 Å². The van der Waals surface area contributed by atoms with E-state index in [1.165, 1.54) is 6.20 Å². The first-order valence-electron chi connectivity index (χ1n) is 7.01. The number of rotatable bonds is 7. The Morgan fingerprint density at radius 1 is 1.32 bits per heavy atom. The zero-order valence-corrected chi connectivity index (χ0v) is 13.5. The largest absolute Gasteiger partial charge is 0.384 e. The highest BCUT2D eigenvalue weighted by Gasteiger charge is 2.26. The fraction of sp³-hybridized carbons (Fsp3) is 0.400. The van der Waals surface area contributed by atoms with Crippen molar-refractivity contribution in [1.82, 2.24) is 14.5 Å². The van der Waals surface area contributed by atoms with Gasteiger partial charge in [-0.05, 0) is 18.9 Å². The molecule has 0 aliphatic heterocycles. The van der Waals surface area contributed by atoms with Crippen molar-refractivity contribution in [3.63, 3.8) is 0 Å². The van der Waals surface area contributed by atoms with Gasteiger partial charge >= 0.3 is 0 Å². The molecule has 0 amide bonds. The number of benzene rings is 1. The minimum atomic E-state index is -3.45. The first-order chi connectivity index (χ1) is 10.3. The summed E-state index contributed by atoms with van der Waals surface area (Å²) in [7, 11) is -1.71. The Kier molecular flexibility index (Phi) is 5.00. The van der Waals surface area contributed by atoms with E-state index >= 15 is 0 Å². The van der Waals surface area contributed by atoms with Crippen molar-refractivity contribution in [2.24, 2.45) is 7.05 Å². The van der Waals surface area contributed by atoms with Crippen LogP contribution >= 0.6 is 0 Å². The Balaban J connectivity index is 1.92. The van der Waals surface area contributed by atoms with E-state index in [1.54, 1.807) is 24.9 Å². The number of aromatic nitrogens is 2. The Morgan fingerprint density at radius 2 is 2.00 bits per heavy atom. The van der Waals surface area contributed by atoms with Crippen molar-refractivity contribution in [1.29, 1.82) is 0 Å². The highest BCUT2D eigenvalue weighted by atomic mass is 32.2. The fourth-order valence-electron chi connectivity index (χ4n) is 2.02. The first-order valence-corrected chi connectivity index (χ1v) is 8.66. The molecule has 2 aromatic rings. The highest BCUT2D eigenvalue weighted by molar-refractivity contribution is 7.89. The van der Waals surface area contributed by atoms with E-state index in [4.69, 9.17) is 0 Å². The van der Waals surface area contributed by atoms with E-state index in [9.17, 15) is 13.5 Å².